The largest absolute Gasteiger partial charge is 0.381 e. The predicted molar refractivity (Wildman–Crippen MR) is 118 cm³/mol. The number of nitrogens with one attached hydrogen (secondary N) is 1. The van der Waals surface area contributed by atoms with Gasteiger partial charge in [0, 0.05) is 24.8 Å². The Morgan fingerprint density at radius 1 is 1.03 bits per heavy atom. The topological polar surface area (TPSA) is 58.6 Å². The number of halogens is 2. The molecule has 0 spiro atoms. The molecule has 0 radical (unpaired) electrons. The van der Waals surface area contributed by atoms with Crippen molar-refractivity contribution in [1.82, 2.24) is 5.32 Å². The van der Waals surface area contributed by atoms with E-state index < -0.39 is 11.5 Å². The summed E-state index contributed by atoms with van der Waals surface area (Å²) in [5, 5.41) is 4.12. The van der Waals surface area contributed by atoms with Crippen LogP contribution in [0.25, 0.3) is 0 Å². The lowest BCUT2D eigenvalue weighted by Crippen LogP contribution is -2.57. The standard InChI is InChI=1S/C23H24Cl2N2O3/c24-17-7-2-1-6-16(17)23(11-14-30-15-12-23)22(29)26-19-9-5-13-27(21(19)28)20-10-4-3-8-18(20)25/h1-4,6-8,10,19H,5,9,11-15H2,(H,26,29). The Hall–Kier alpha value is -2.08. The molecule has 2 aliphatic rings. The van der Waals surface area contributed by atoms with Gasteiger partial charge in [-0.3, -0.25) is 9.59 Å². The number of nitrogens with zero attached hydrogens (tertiary/aromatic N) is 1. The Labute approximate surface area is 186 Å². The van der Waals surface area contributed by atoms with Gasteiger partial charge in [-0.05, 0) is 49.4 Å². The summed E-state index contributed by atoms with van der Waals surface area (Å²) in [6.07, 6.45) is 2.43. The van der Waals surface area contributed by atoms with E-state index in [1.54, 1.807) is 17.0 Å². The lowest BCUT2D eigenvalue weighted by Gasteiger charge is -2.39. The molecule has 1 N–H and O–H groups in total. The summed E-state index contributed by atoms with van der Waals surface area (Å²) < 4.78 is 5.52. The number of benzene rings is 2. The number of anilines is 1. The summed E-state index contributed by atoms with van der Waals surface area (Å²) in [6, 6.07) is 14.1. The van der Waals surface area contributed by atoms with Crippen molar-refractivity contribution in [3.05, 3.63) is 64.1 Å². The summed E-state index contributed by atoms with van der Waals surface area (Å²) in [6.45, 7) is 1.53. The summed E-state index contributed by atoms with van der Waals surface area (Å²) in [7, 11) is 0. The fraction of sp³-hybridized carbons (Fsp3) is 0.391. The highest BCUT2D eigenvalue weighted by molar-refractivity contribution is 6.34. The molecule has 7 heteroatoms. The molecule has 0 aliphatic carbocycles. The second-order valence-corrected chi connectivity index (χ2v) is 8.60. The van der Waals surface area contributed by atoms with Crippen LogP contribution in [0.2, 0.25) is 10.0 Å². The average molecular weight is 447 g/mol. The summed E-state index contributed by atoms with van der Waals surface area (Å²) in [5.41, 5.74) is 0.664. The van der Waals surface area contributed by atoms with E-state index in [-0.39, 0.29) is 11.8 Å². The molecule has 2 aromatic carbocycles. The van der Waals surface area contributed by atoms with Crippen LogP contribution < -0.4 is 10.2 Å². The van der Waals surface area contributed by atoms with Crippen LogP contribution in [0.15, 0.2) is 48.5 Å². The van der Waals surface area contributed by atoms with E-state index in [0.29, 0.717) is 54.8 Å². The molecule has 2 fully saturated rings. The number of piperidine rings is 1. The van der Waals surface area contributed by atoms with Crippen LogP contribution in [-0.4, -0.2) is 37.6 Å². The Morgan fingerprint density at radius 2 is 1.70 bits per heavy atom. The molecular weight excluding hydrogens is 423 g/mol. The van der Waals surface area contributed by atoms with Crippen LogP contribution in [-0.2, 0) is 19.7 Å². The monoisotopic (exact) mass is 446 g/mol. The summed E-state index contributed by atoms with van der Waals surface area (Å²) >= 11 is 12.8. The second-order valence-electron chi connectivity index (χ2n) is 7.78. The predicted octanol–water partition coefficient (Wildman–Crippen LogP) is 4.35. The SMILES string of the molecule is O=C1C(NC(=O)C2(c3ccccc3Cl)CCOCC2)CCCN1c1ccccc1Cl. The van der Waals surface area contributed by atoms with Gasteiger partial charge in [-0.2, -0.15) is 0 Å². The van der Waals surface area contributed by atoms with Gasteiger partial charge in [0.2, 0.25) is 11.8 Å². The quantitative estimate of drug-likeness (QED) is 0.758. The van der Waals surface area contributed by atoms with E-state index in [4.69, 9.17) is 27.9 Å². The van der Waals surface area contributed by atoms with Gasteiger partial charge in [-0.15, -0.1) is 0 Å². The van der Waals surface area contributed by atoms with Crippen molar-refractivity contribution in [2.45, 2.75) is 37.1 Å². The second kappa shape index (κ2) is 8.96. The van der Waals surface area contributed by atoms with Crippen LogP contribution in [0.3, 0.4) is 0 Å². The minimum absolute atomic E-state index is 0.135. The lowest BCUT2D eigenvalue weighted by atomic mass is 9.73. The molecule has 1 atom stereocenters. The minimum atomic E-state index is -0.802. The van der Waals surface area contributed by atoms with Crippen molar-refractivity contribution in [3.63, 3.8) is 0 Å². The van der Waals surface area contributed by atoms with Gasteiger partial charge in [-0.1, -0.05) is 53.5 Å². The highest BCUT2D eigenvalue weighted by atomic mass is 35.5. The van der Waals surface area contributed by atoms with Crippen LogP contribution in [0.5, 0.6) is 0 Å². The molecule has 30 heavy (non-hydrogen) atoms. The first kappa shape index (κ1) is 21.2. The first-order valence-electron chi connectivity index (χ1n) is 10.2. The number of hydrogen-bond donors (Lipinski definition) is 1. The third-order valence-electron chi connectivity index (χ3n) is 6.06. The van der Waals surface area contributed by atoms with Gasteiger partial charge < -0.3 is 15.0 Å². The fourth-order valence-corrected chi connectivity index (χ4v) is 4.96. The molecule has 0 bridgehead atoms. The van der Waals surface area contributed by atoms with Crippen molar-refractivity contribution in [2.24, 2.45) is 0 Å². The molecular formula is C23H24Cl2N2O3. The maximum absolute atomic E-state index is 13.6. The number of hydrogen-bond acceptors (Lipinski definition) is 3. The Morgan fingerprint density at radius 3 is 2.40 bits per heavy atom. The van der Waals surface area contributed by atoms with Gasteiger partial charge in [0.15, 0.2) is 0 Å². The zero-order valence-corrected chi connectivity index (χ0v) is 18.1. The number of para-hydroxylation sites is 1. The van der Waals surface area contributed by atoms with E-state index in [9.17, 15) is 9.59 Å². The Bertz CT molecular complexity index is 944. The molecule has 2 heterocycles. The third-order valence-corrected chi connectivity index (χ3v) is 6.71. The maximum Gasteiger partial charge on any atom is 0.249 e. The molecule has 2 saturated heterocycles. The molecule has 158 valence electrons. The van der Waals surface area contributed by atoms with Crippen LogP contribution in [0, 0.1) is 0 Å². The summed E-state index contributed by atoms with van der Waals surface area (Å²) in [4.78, 5) is 28.5. The molecule has 2 amide bonds. The Balaban J connectivity index is 1.59. The number of carbonyl (C=O) groups excluding carboxylic acids is 2. The van der Waals surface area contributed by atoms with Gasteiger partial charge in [0.25, 0.3) is 0 Å². The molecule has 0 saturated carbocycles. The number of ether oxygens (including phenoxy) is 1. The van der Waals surface area contributed by atoms with Crippen molar-refractivity contribution < 1.29 is 14.3 Å². The summed E-state index contributed by atoms with van der Waals surface area (Å²) in [5.74, 6) is -0.303. The van der Waals surface area contributed by atoms with Crippen molar-refractivity contribution in [1.29, 1.82) is 0 Å². The first-order chi connectivity index (χ1) is 14.5. The lowest BCUT2D eigenvalue weighted by molar-refractivity contribution is -0.134. The Kier molecular flexibility index (Phi) is 6.32. The van der Waals surface area contributed by atoms with E-state index in [1.807, 2.05) is 36.4 Å². The van der Waals surface area contributed by atoms with E-state index in [2.05, 4.69) is 5.32 Å². The fourth-order valence-electron chi connectivity index (χ4n) is 4.40. The zero-order valence-electron chi connectivity index (χ0n) is 16.6. The first-order valence-corrected chi connectivity index (χ1v) is 11.0. The molecule has 2 aliphatic heterocycles. The van der Waals surface area contributed by atoms with Crippen molar-refractivity contribution in [2.75, 3.05) is 24.7 Å². The van der Waals surface area contributed by atoms with Gasteiger partial charge in [-0.25, -0.2) is 0 Å². The van der Waals surface area contributed by atoms with Crippen LogP contribution in [0.1, 0.15) is 31.2 Å². The van der Waals surface area contributed by atoms with Crippen LogP contribution in [0.4, 0.5) is 5.69 Å². The molecule has 5 nitrogen and oxygen atoms in total. The minimum Gasteiger partial charge on any atom is -0.381 e. The van der Waals surface area contributed by atoms with Gasteiger partial charge in [0.05, 0.1) is 16.1 Å². The van der Waals surface area contributed by atoms with Crippen molar-refractivity contribution >= 4 is 40.7 Å². The highest BCUT2D eigenvalue weighted by Gasteiger charge is 2.45. The van der Waals surface area contributed by atoms with E-state index in [1.165, 1.54) is 0 Å². The molecule has 2 aromatic rings. The number of carbonyl (C=O) groups is 2. The van der Waals surface area contributed by atoms with E-state index >= 15 is 0 Å². The van der Waals surface area contributed by atoms with Gasteiger partial charge in [0.1, 0.15) is 6.04 Å². The third kappa shape index (κ3) is 3.94. The van der Waals surface area contributed by atoms with Crippen molar-refractivity contribution in [3.8, 4) is 0 Å². The number of amides is 2. The molecule has 4 rings (SSSR count). The van der Waals surface area contributed by atoms with Gasteiger partial charge >= 0.3 is 0 Å². The molecule has 1 unspecified atom stereocenters. The smallest absolute Gasteiger partial charge is 0.249 e. The van der Waals surface area contributed by atoms with E-state index in [0.717, 1.165) is 12.0 Å². The number of rotatable bonds is 4. The highest BCUT2D eigenvalue weighted by Crippen LogP contribution is 2.39. The zero-order chi connectivity index (χ0) is 21.1. The van der Waals surface area contributed by atoms with Crippen LogP contribution >= 0.6 is 23.2 Å². The molecule has 0 aromatic heterocycles. The normalized spacial score (nSPS) is 21.3. The maximum atomic E-state index is 13.6. The average Bonchev–Trinajstić information content (AvgIpc) is 2.76.